The van der Waals surface area contributed by atoms with E-state index in [0.29, 0.717) is 0 Å². The Hall–Kier alpha value is -2.77. The SMILES string of the molecule is CC(C)(C)OC(=O)NCC[C@@H](NC(=O)OCc1ccccc1)C(=O)O. The number of hydrogen-bond acceptors (Lipinski definition) is 5. The molecular weight excluding hydrogens is 328 g/mol. The molecule has 0 bridgehead atoms. The van der Waals surface area contributed by atoms with E-state index in [0.717, 1.165) is 5.56 Å². The molecule has 0 saturated heterocycles. The monoisotopic (exact) mass is 352 g/mol. The molecule has 1 aromatic carbocycles. The molecule has 1 rings (SSSR count). The van der Waals surface area contributed by atoms with Crippen LogP contribution in [0.1, 0.15) is 32.8 Å². The topological polar surface area (TPSA) is 114 Å². The lowest BCUT2D eigenvalue weighted by Crippen LogP contribution is -2.43. The molecule has 0 aromatic heterocycles. The Labute approximate surface area is 146 Å². The second kappa shape index (κ2) is 9.51. The smallest absolute Gasteiger partial charge is 0.408 e. The highest BCUT2D eigenvalue weighted by atomic mass is 16.6. The van der Waals surface area contributed by atoms with Crippen molar-refractivity contribution in [3.63, 3.8) is 0 Å². The molecule has 0 fully saturated rings. The van der Waals surface area contributed by atoms with Crippen molar-refractivity contribution < 1.29 is 29.0 Å². The van der Waals surface area contributed by atoms with Crippen LogP contribution in [0.3, 0.4) is 0 Å². The average Bonchev–Trinajstić information content (AvgIpc) is 2.51. The first-order chi connectivity index (χ1) is 11.7. The van der Waals surface area contributed by atoms with Crippen molar-refractivity contribution in [1.29, 1.82) is 0 Å². The molecule has 1 aromatic rings. The summed E-state index contributed by atoms with van der Waals surface area (Å²) in [7, 11) is 0. The quantitative estimate of drug-likeness (QED) is 0.694. The third-order valence-electron chi connectivity index (χ3n) is 2.90. The summed E-state index contributed by atoms with van der Waals surface area (Å²) in [6, 6.07) is 7.83. The van der Waals surface area contributed by atoms with Crippen LogP contribution in [0.4, 0.5) is 9.59 Å². The summed E-state index contributed by atoms with van der Waals surface area (Å²) < 4.78 is 10.0. The van der Waals surface area contributed by atoms with Crippen LogP contribution < -0.4 is 10.6 Å². The van der Waals surface area contributed by atoms with Gasteiger partial charge < -0.3 is 25.2 Å². The highest BCUT2D eigenvalue weighted by Crippen LogP contribution is 2.06. The highest BCUT2D eigenvalue weighted by molar-refractivity contribution is 5.80. The first-order valence-electron chi connectivity index (χ1n) is 7.84. The van der Waals surface area contributed by atoms with Gasteiger partial charge in [-0.15, -0.1) is 0 Å². The molecule has 0 saturated carbocycles. The van der Waals surface area contributed by atoms with Gasteiger partial charge in [-0.05, 0) is 32.8 Å². The minimum atomic E-state index is -1.22. The van der Waals surface area contributed by atoms with Gasteiger partial charge in [0, 0.05) is 6.54 Å². The maximum Gasteiger partial charge on any atom is 0.408 e. The predicted octanol–water partition coefficient (Wildman–Crippen LogP) is 2.28. The van der Waals surface area contributed by atoms with E-state index in [-0.39, 0.29) is 19.6 Å². The normalized spacial score (nSPS) is 12.0. The van der Waals surface area contributed by atoms with Gasteiger partial charge in [0.2, 0.25) is 0 Å². The van der Waals surface area contributed by atoms with E-state index < -0.39 is 29.8 Å². The molecule has 138 valence electrons. The molecule has 0 aliphatic heterocycles. The molecule has 0 unspecified atom stereocenters. The van der Waals surface area contributed by atoms with E-state index in [9.17, 15) is 14.4 Å². The van der Waals surface area contributed by atoms with Crippen LogP contribution in [-0.2, 0) is 20.9 Å². The lowest BCUT2D eigenvalue weighted by atomic mass is 10.2. The molecule has 1 atom stereocenters. The van der Waals surface area contributed by atoms with Crippen LogP contribution in [-0.4, -0.2) is 41.4 Å². The minimum Gasteiger partial charge on any atom is -0.480 e. The fourth-order valence-corrected chi connectivity index (χ4v) is 1.80. The Balaban J connectivity index is 2.37. The van der Waals surface area contributed by atoms with E-state index in [1.54, 1.807) is 45.0 Å². The number of carbonyl (C=O) groups is 3. The summed E-state index contributed by atoms with van der Waals surface area (Å²) in [5.74, 6) is -1.22. The molecule has 25 heavy (non-hydrogen) atoms. The van der Waals surface area contributed by atoms with Gasteiger partial charge in [0.1, 0.15) is 18.2 Å². The molecule has 0 aliphatic carbocycles. The number of hydrogen-bond donors (Lipinski definition) is 3. The van der Waals surface area contributed by atoms with E-state index in [1.165, 1.54) is 0 Å². The second-order valence-corrected chi connectivity index (χ2v) is 6.31. The van der Waals surface area contributed by atoms with Gasteiger partial charge in [-0.2, -0.15) is 0 Å². The first-order valence-corrected chi connectivity index (χ1v) is 7.84. The van der Waals surface area contributed by atoms with E-state index in [1.807, 2.05) is 6.07 Å². The Bertz CT molecular complexity index is 583. The largest absolute Gasteiger partial charge is 0.480 e. The molecule has 3 N–H and O–H groups in total. The van der Waals surface area contributed by atoms with Crippen LogP contribution in [0.2, 0.25) is 0 Å². The molecule has 0 heterocycles. The zero-order valence-electron chi connectivity index (χ0n) is 14.6. The van der Waals surface area contributed by atoms with Crippen molar-refractivity contribution in [2.24, 2.45) is 0 Å². The average molecular weight is 352 g/mol. The fraction of sp³-hybridized carbons (Fsp3) is 0.471. The molecule has 0 spiro atoms. The van der Waals surface area contributed by atoms with Crippen molar-refractivity contribution in [3.05, 3.63) is 35.9 Å². The van der Waals surface area contributed by atoms with Gasteiger partial charge in [-0.3, -0.25) is 0 Å². The number of ether oxygens (including phenoxy) is 2. The van der Waals surface area contributed by atoms with Gasteiger partial charge >= 0.3 is 18.2 Å². The summed E-state index contributed by atoms with van der Waals surface area (Å²) in [6.07, 6.45) is -1.49. The number of carbonyl (C=O) groups excluding carboxylic acids is 2. The Morgan fingerprint density at radius 2 is 1.76 bits per heavy atom. The molecule has 2 amide bonds. The number of benzene rings is 1. The number of alkyl carbamates (subject to hydrolysis) is 2. The fourth-order valence-electron chi connectivity index (χ4n) is 1.80. The molecule has 8 heteroatoms. The van der Waals surface area contributed by atoms with Crippen LogP contribution in [0, 0.1) is 0 Å². The predicted molar refractivity (Wildman–Crippen MR) is 90.0 cm³/mol. The van der Waals surface area contributed by atoms with E-state index >= 15 is 0 Å². The number of carboxylic acid groups (broad SMARTS) is 1. The van der Waals surface area contributed by atoms with Gasteiger partial charge in [0.25, 0.3) is 0 Å². The molecule has 0 aliphatic rings. The van der Waals surface area contributed by atoms with E-state index in [2.05, 4.69) is 10.6 Å². The van der Waals surface area contributed by atoms with Crippen molar-refractivity contribution >= 4 is 18.2 Å². The third-order valence-corrected chi connectivity index (χ3v) is 2.90. The van der Waals surface area contributed by atoms with Crippen molar-refractivity contribution in [3.8, 4) is 0 Å². The highest BCUT2D eigenvalue weighted by Gasteiger charge is 2.21. The summed E-state index contributed by atoms with van der Waals surface area (Å²) >= 11 is 0. The number of carboxylic acids is 1. The van der Waals surface area contributed by atoms with Gasteiger partial charge in [-0.25, -0.2) is 14.4 Å². The van der Waals surface area contributed by atoms with Crippen molar-refractivity contribution in [2.45, 2.75) is 45.4 Å². The van der Waals surface area contributed by atoms with Crippen molar-refractivity contribution in [1.82, 2.24) is 10.6 Å². The van der Waals surface area contributed by atoms with Crippen LogP contribution in [0.15, 0.2) is 30.3 Å². The number of rotatable bonds is 7. The maximum atomic E-state index is 11.7. The summed E-state index contributed by atoms with van der Waals surface area (Å²) in [5, 5.41) is 13.8. The molecule has 0 radical (unpaired) electrons. The van der Waals surface area contributed by atoms with Gasteiger partial charge in [0.15, 0.2) is 0 Å². The maximum absolute atomic E-state index is 11.7. The molecular formula is C17H24N2O6. The van der Waals surface area contributed by atoms with Crippen LogP contribution in [0.5, 0.6) is 0 Å². The lowest BCUT2D eigenvalue weighted by Gasteiger charge is -2.20. The van der Waals surface area contributed by atoms with Gasteiger partial charge in [-0.1, -0.05) is 30.3 Å². The number of nitrogens with one attached hydrogen (secondary N) is 2. The Kier molecular flexibility index (Phi) is 7.71. The second-order valence-electron chi connectivity index (χ2n) is 6.31. The minimum absolute atomic E-state index is 0.00495. The number of amides is 2. The first kappa shape index (κ1) is 20.3. The summed E-state index contributed by atoms with van der Waals surface area (Å²) in [5.41, 5.74) is 0.145. The summed E-state index contributed by atoms with van der Waals surface area (Å²) in [4.78, 5) is 34.4. The standard InChI is InChI=1S/C17H24N2O6/c1-17(2,3)25-15(22)18-10-9-13(14(20)21)19-16(23)24-11-12-7-5-4-6-8-12/h4-8,13H,9-11H2,1-3H3,(H,18,22)(H,19,23)(H,20,21)/t13-/m1/s1. The molecule has 8 nitrogen and oxygen atoms in total. The van der Waals surface area contributed by atoms with E-state index in [4.69, 9.17) is 14.6 Å². The summed E-state index contributed by atoms with van der Waals surface area (Å²) in [6.45, 7) is 5.23. The Morgan fingerprint density at radius 3 is 2.32 bits per heavy atom. The third kappa shape index (κ3) is 9.19. The van der Waals surface area contributed by atoms with Crippen LogP contribution in [0.25, 0.3) is 0 Å². The number of aliphatic carboxylic acids is 1. The van der Waals surface area contributed by atoms with Gasteiger partial charge in [0.05, 0.1) is 0 Å². The lowest BCUT2D eigenvalue weighted by molar-refractivity contribution is -0.139. The zero-order valence-corrected chi connectivity index (χ0v) is 14.6. The van der Waals surface area contributed by atoms with Crippen LogP contribution >= 0.6 is 0 Å². The van der Waals surface area contributed by atoms with Crippen molar-refractivity contribution in [2.75, 3.05) is 6.54 Å². The Morgan fingerprint density at radius 1 is 1.12 bits per heavy atom. The zero-order chi connectivity index (χ0) is 18.9.